The Morgan fingerprint density at radius 1 is 1.15 bits per heavy atom. The van der Waals surface area contributed by atoms with Crippen LogP contribution in [0.3, 0.4) is 0 Å². The van der Waals surface area contributed by atoms with E-state index in [0.717, 1.165) is 12.8 Å². The van der Waals surface area contributed by atoms with Crippen molar-refractivity contribution in [3.63, 3.8) is 0 Å². The SMILES string of the molecule is O=C1CN(c2c(O)cc3c(c2F)CCC(NC2CCCC2)CC3)S(=O)(=O)N1. The summed E-state index contributed by atoms with van der Waals surface area (Å²) in [7, 11) is -4.18. The molecular formula is C18H24FN3O4S. The van der Waals surface area contributed by atoms with E-state index in [1.165, 1.54) is 31.7 Å². The van der Waals surface area contributed by atoms with Gasteiger partial charge in [-0.1, -0.05) is 12.8 Å². The minimum atomic E-state index is -4.18. The molecule has 0 spiro atoms. The zero-order chi connectivity index (χ0) is 19.2. The molecular weight excluding hydrogens is 373 g/mol. The number of phenols is 1. The second-order valence-electron chi connectivity index (χ2n) is 7.66. The highest BCUT2D eigenvalue weighted by Gasteiger charge is 2.38. The number of hydrogen-bond acceptors (Lipinski definition) is 5. The molecule has 1 aromatic rings. The lowest BCUT2D eigenvalue weighted by Crippen LogP contribution is -2.36. The van der Waals surface area contributed by atoms with Crippen molar-refractivity contribution in [2.45, 2.75) is 63.5 Å². The van der Waals surface area contributed by atoms with Gasteiger partial charge in [-0.2, -0.15) is 8.42 Å². The Balaban J connectivity index is 1.61. The fraction of sp³-hybridized carbons (Fsp3) is 0.611. The second-order valence-corrected chi connectivity index (χ2v) is 9.25. The molecule has 3 N–H and O–H groups in total. The summed E-state index contributed by atoms with van der Waals surface area (Å²) in [5, 5.41) is 14.0. The number of amides is 1. The van der Waals surface area contributed by atoms with E-state index >= 15 is 4.39 Å². The van der Waals surface area contributed by atoms with Crippen LogP contribution in [-0.2, 0) is 27.8 Å². The number of carbonyl (C=O) groups excluding carboxylic acids is 1. The van der Waals surface area contributed by atoms with Gasteiger partial charge in [0.15, 0.2) is 5.82 Å². The molecule has 1 atom stereocenters. The highest BCUT2D eigenvalue weighted by molar-refractivity contribution is 7.92. The average Bonchev–Trinajstić information content (AvgIpc) is 3.12. The molecule has 148 valence electrons. The van der Waals surface area contributed by atoms with Gasteiger partial charge in [-0.3, -0.25) is 4.79 Å². The van der Waals surface area contributed by atoms with Crippen molar-refractivity contribution in [2.24, 2.45) is 0 Å². The Hall–Kier alpha value is -1.87. The minimum absolute atomic E-state index is 0.282. The first-order chi connectivity index (χ1) is 12.8. The third-order valence-electron chi connectivity index (χ3n) is 5.82. The molecule has 3 aliphatic rings. The van der Waals surface area contributed by atoms with Crippen LogP contribution in [0.4, 0.5) is 10.1 Å². The third-order valence-corrected chi connectivity index (χ3v) is 7.19. The van der Waals surface area contributed by atoms with E-state index in [1.807, 2.05) is 4.72 Å². The van der Waals surface area contributed by atoms with E-state index in [4.69, 9.17) is 0 Å². The number of halogens is 1. The van der Waals surface area contributed by atoms with Crippen LogP contribution < -0.4 is 14.3 Å². The number of aryl methyl sites for hydroxylation is 1. The molecule has 1 aliphatic heterocycles. The van der Waals surface area contributed by atoms with Gasteiger partial charge >= 0.3 is 10.2 Å². The van der Waals surface area contributed by atoms with E-state index in [0.29, 0.717) is 34.3 Å². The summed E-state index contributed by atoms with van der Waals surface area (Å²) in [6.07, 6.45) is 7.54. The summed E-state index contributed by atoms with van der Waals surface area (Å²) in [5.41, 5.74) is 0.711. The molecule has 1 amide bonds. The number of rotatable bonds is 3. The predicted octanol–water partition coefficient (Wildman–Crippen LogP) is 1.49. The Kier molecular flexibility index (Phi) is 4.75. The zero-order valence-electron chi connectivity index (χ0n) is 15.0. The lowest BCUT2D eigenvalue weighted by molar-refractivity contribution is -0.117. The number of aromatic hydroxyl groups is 1. The number of benzene rings is 1. The molecule has 2 fully saturated rings. The number of anilines is 1. The van der Waals surface area contributed by atoms with Gasteiger partial charge in [0, 0.05) is 12.1 Å². The van der Waals surface area contributed by atoms with Crippen molar-refractivity contribution in [2.75, 3.05) is 10.8 Å². The maximum atomic E-state index is 15.2. The molecule has 0 radical (unpaired) electrons. The molecule has 0 bridgehead atoms. The van der Waals surface area contributed by atoms with Crippen molar-refractivity contribution in [3.05, 3.63) is 23.0 Å². The first-order valence-corrected chi connectivity index (χ1v) is 10.9. The number of nitrogens with zero attached hydrogens (tertiary/aromatic N) is 1. The van der Waals surface area contributed by atoms with E-state index in [2.05, 4.69) is 5.32 Å². The predicted molar refractivity (Wildman–Crippen MR) is 98.3 cm³/mol. The zero-order valence-corrected chi connectivity index (χ0v) is 15.8. The van der Waals surface area contributed by atoms with Crippen LogP contribution in [0.2, 0.25) is 0 Å². The van der Waals surface area contributed by atoms with Crippen molar-refractivity contribution < 1.29 is 22.7 Å². The summed E-state index contributed by atoms with van der Waals surface area (Å²) in [4.78, 5) is 11.5. The molecule has 27 heavy (non-hydrogen) atoms. The van der Waals surface area contributed by atoms with Crippen LogP contribution in [-0.4, -0.2) is 38.1 Å². The summed E-state index contributed by atoms with van der Waals surface area (Å²) < 4.78 is 41.8. The first-order valence-electron chi connectivity index (χ1n) is 9.47. The van der Waals surface area contributed by atoms with Gasteiger partial charge < -0.3 is 10.4 Å². The quantitative estimate of drug-likeness (QED) is 0.672. The molecule has 1 heterocycles. The van der Waals surface area contributed by atoms with Gasteiger partial charge in [0.05, 0.1) is 0 Å². The van der Waals surface area contributed by atoms with Crippen molar-refractivity contribution in [1.82, 2.24) is 10.0 Å². The summed E-state index contributed by atoms with van der Waals surface area (Å²) >= 11 is 0. The summed E-state index contributed by atoms with van der Waals surface area (Å²) in [5.74, 6) is -1.94. The number of carbonyl (C=O) groups is 1. The Bertz CT molecular complexity index is 868. The van der Waals surface area contributed by atoms with Crippen LogP contribution in [0.25, 0.3) is 0 Å². The molecule has 1 saturated heterocycles. The highest BCUT2D eigenvalue weighted by atomic mass is 32.2. The highest BCUT2D eigenvalue weighted by Crippen LogP contribution is 2.39. The molecule has 0 aromatic heterocycles. The lowest BCUT2D eigenvalue weighted by Gasteiger charge is -2.21. The van der Waals surface area contributed by atoms with Crippen LogP contribution in [0.15, 0.2) is 6.07 Å². The number of nitrogens with one attached hydrogen (secondary N) is 2. The maximum absolute atomic E-state index is 15.2. The molecule has 1 saturated carbocycles. The Morgan fingerprint density at radius 2 is 1.81 bits per heavy atom. The van der Waals surface area contributed by atoms with Crippen molar-refractivity contribution >= 4 is 21.8 Å². The fourth-order valence-electron chi connectivity index (χ4n) is 4.48. The number of phenolic OH excluding ortho intramolecular Hbond substituents is 1. The van der Waals surface area contributed by atoms with Crippen LogP contribution in [0.5, 0.6) is 5.75 Å². The first kappa shape index (κ1) is 18.5. The fourth-order valence-corrected chi connectivity index (χ4v) is 5.64. The van der Waals surface area contributed by atoms with E-state index in [1.54, 1.807) is 0 Å². The maximum Gasteiger partial charge on any atom is 0.326 e. The van der Waals surface area contributed by atoms with E-state index in [9.17, 15) is 18.3 Å². The summed E-state index contributed by atoms with van der Waals surface area (Å²) in [6.45, 7) is -0.530. The Labute approximate surface area is 158 Å². The number of hydrogen-bond donors (Lipinski definition) is 3. The van der Waals surface area contributed by atoms with E-state index < -0.39 is 39.9 Å². The minimum Gasteiger partial charge on any atom is -0.506 e. The van der Waals surface area contributed by atoms with Crippen LogP contribution >= 0.6 is 0 Å². The van der Waals surface area contributed by atoms with Gasteiger partial charge in [0.25, 0.3) is 5.91 Å². The smallest absolute Gasteiger partial charge is 0.326 e. The molecule has 4 rings (SSSR count). The van der Waals surface area contributed by atoms with E-state index in [-0.39, 0.29) is 6.04 Å². The van der Waals surface area contributed by atoms with Crippen molar-refractivity contribution in [3.8, 4) is 5.75 Å². The molecule has 9 heteroatoms. The van der Waals surface area contributed by atoms with Gasteiger partial charge in [0.1, 0.15) is 18.0 Å². The average molecular weight is 397 g/mol. The molecule has 2 aliphatic carbocycles. The van der Waals surface area contributed by atoms with Crippen LogP contribution in [0.1, 0.15) is 49.7 Å². The lowest BCUT2D eigenvalue weighted by atomic mass is 10.0. The van der Waals surface area contributed by atoms with Crippen LogP contribution in [0, 0.1) is 5.82 Å². The third kappa shape index (κ3) is 3.50. The largest absolute Gasteiger partial charge is 0.506 e. The molecule has 7 nitrogen and oxygen atoms in total. The molecule has 1 unspecified atom stereocenters. The normalized spacial score (nSPS) is 25.3. The topological polar surface area (TPSA) is 98.7 Å². The molecule has 1 aromatic carbocycles. The second kappa shape index (κ2) is 6.94. The van der Waals surface area contributed by atoms with Gasteiger partial charge in [-0.15, -0.1) is 0 Å². The van der Waals surface area contributed by atoms with Crippen molar-refractivity contribution in [1.29, 1.82) is 0 Å². The monoisotopic (exact) mass is 397 g/mol. The summed E-state index contributed by atoms with van der Waals surface area (Å²) in [6, 6.07) is 2.26. The number of fused-ring (bicyclic) bond motifs is 1. The van der Waals surface area contributed by atoms with Gasteiger partial charge in [-0.05, 0) is 55.7 Å². The Morgan fingerprint density at radius 3 is 2.48 bits per heavy atom. The standard InChI is InChI=1S/C18H24FN3O4S/c19-17-14-8-7-13(20-12-3-1-2-4-12)6-5-11(14)9-15(23)18(17)22-10-16(24)21-27(22,25)26/h9,12-13,20,23H,1-8,10H2,(H,21,24). The van der Waals surface area contributed by atoms with Gasteiger partial charge in [0.2, 0.25) is 0 Å². The van der Waals surface area contributed by atoms with Gasteiger partial charge in [-0.25, -0.2) is 13.4 Å².